The van der Waals surface area contributed by atoms with Crippen LogP contribution in [-0.2, 0) is 0 Å². The van der Waals surface area contributed by atoms with Crippen molar-refractivity contribution < 1.29 is 9.84 Å². The number of benzene rings is 1. The van der Waals surface area contributed by atoms with Crippen molar-refractivity contribution in [2.45, 2.75) is 13.8 Å². The summed E-state index contributed by atoms with van der Waals surface area (Å²) in [5, 5.41) is 16.0. The Kier molecular flexibility index (Phi) is 5.85. The van der Waals surface area contributed by atoms with E-state index < -0.39 is 0 Å². The van der Waals surface area contributed by atoms with Crippen molar-refractivity contribution in [2.24, 2.45) is 5.73 Å². The highest BCUT2D eigenvalue weighted by molar-refractivity contribution is 5.95. The van der Waals surface area contributed by atoms with E-state index in [1.54, 1.807) is 0 Å². The summed E-state index contributed by atoms with van der Waals surface area (Å²) in [5.74, 6) is 0.809. The summed E-state index contributed by atoms with van der Waals surface area (Å²) in [6, 6.07) is 3.62. The summed E-state index contributed by atoms with van der Waals surface area (Å²) in [5.41, 5.74) is 7.95. The topological polar surface area (TPSA) is 79.3 Å². The Morgan fingerprint density at radius 2 is 1.88 bits per heavy atom. The minimum Gasteiger partial charge on any atom is -0.491 e. The molecule has 0 aliphatic heterocycles. The molecule has 0 aliphatic rings. The zero-order valence-corrected chi connectivity index (χ0v) is 10.2. The molecule has 0 heterocycles. The number of hydrogen-bond acceptors (Lipinski definition) is 3. The molecule has 0 fully saturated rings. The van der Waals surface area contributed by atoms with Crippen LogP contribution in [0.1, 0.15) is 16.7 Å². The van der Waals surface area contributed by atoms with Crippen LogP contribution in [0.5, 0.6) is 5.75 Å². The lowest BCUT2D eigenvalue weighted by Gasteiger charge is -2.12. The van der Waals surface area contributed by atoms with Gasteiger partial charge in [-0.1, -0.05) is 0 Å². The van der Waals surface area contributed by atoms with Crippen molar-refractivity contribution in [1.29, 1.82) is 5.41 Å². The van der Waals surface area contributed by atoms with E-state index in [0.29, 0.717) is 5.56 Å². The van der Waals surface area contributed by atoms with Gasteiger partial charge in [0.1, 0.15) is 18.2 Å². The minimum atomic E-state index is -0.00661. The Hall–Kier alpha value is -1.26. The van der Waals surface area contributed by atoms with Crippen LogP contribution in [0.25, 0.3) is 0 Å². The lowest BCUT2D eigenvalue weighted by atomic mass is 10.1. The van der Waals surface area contributed by atoms with Crippen molar-refractivity contribution in [3.8, 4) is 5.75 Å². The maximum absolute atomic E-state index is 8.67. The first-order valence-corrected chi connectivity index (χ1v) is 4.75. The Labute approximate surface area is 101 Å². The van der Waals surface area contributed by atoms with E-state index >= 15 is 0 Å². The second-order valence-electron chi connectivity index (χ2n) is 3.42. The van der Waals surface area contributed by atoms with Gasteiger partial charge in [-0.15, -0.1) is 12.4 Å². The fourth-order valence-corrected chi connectivity index (χ4v) is 1.48. The maximum atomic E-state index is 8.67. The molecule has 0 bridgehead atoms. The SMILES string of the molecule is Cc1cc(C(=N)N)cc(C)c1OCCO.Cl. The molecule has 0 saturated carbocycles. The first kappa shape index (κ1) is 14.7. The number of halogens is 1. The van der Waals surface area contributed by atoms with Gasteiger partial charge in [-0.3, -0.25) is 5.41 Å². The van der Waals surface area contributed by atoms with Gasteiger partial charge in [0.05, 0.1) is 6.61 Å². The molecule has 0 aliphatic carbocycles. The first-order chi connectivity index (χ1) is 7.06. The Bertz CT molecular complexity index is 357. The van der Waals surface area contributed by atoms with Crippen LogP contribution in [0.4, 0.5) is 0 Å². The zero-order valence-electron chi connectivity index (χ0n) is 9.41. The number of rotatable bonds is 4. The molecular weight excluding hydrogens is 228 g/mol. The van der Waals surface area contributed by atoms with Crippen LogP contribution >= 0.6 is 12.4 Å². The molecule has 0 atom stereocenters. The smallest absolute Gasteiger partial charge is 0.125 e. The second kappa shape index (κ2) is 6.35. The van der Waals surface area contributed by atoms with Gasteiger partial charge in [0.25, 0.3) is 0 Å². The standard InChI is InChI=1S/C11H16N2O2.ClH/c1-7-5-9(11(12)13)6-8(2)10(7)15-4-3-14;/h5-6,14H,3-4H2,1-2H3,(H3,12,13);1H. The van der Waals surface area contributed by atoms with E-state index in [1.807, 2.05) is 26.0 Å². The molecule has 0 spiro atoms. The lowest BCUT2D eigenvalue weighted by Crippen LogP contribution is -2.12. The summed E-state index contributed by atoms with van der Waals surface area (Å²) >= 11 is 0. The zero-order chi connectivity index (χ0) is 11.4. The highest BCUT2D eigenvalue weighted by Gasteiger charge is 2.07. The van der Waals surface area contributed by atoms with Crippen LogP contribution in [0, 0.1) is 19.3 Å². The van der Waals surface area contributed by atoms with E-state index in [9.17, 15) is 0 Å². The number of nitrogens with two attached hydrogens (primary N) is 1. The number of nitrogens with one attached hydrogen (secondary N) is 1. The van der Waals surface area contributed by atoms with Gasteiger partial charge in [-0.25, -0.2) is 0 Å². The second-order valence-corrected chi connectivity index (χ2v) is 3.42. The molecule has 1 aromatic rings. The summed E-state index contributed by atoms with van der Waals surface area (Å²) in [7, 11) is 0. The van der Waals surface area contributed by atoms with Gasteiger partial charge in [0.2, 0.25) is 0 Å². The summed E-state index contributed by atoms with van der Waals surface area (Å²) in [6.45, 7) is 4.06. The maximum Gasteiger partial charge on any atom is 0.125 e. The molecule has 90 valence electrons. The van der Waals surface area contributed by atoms with Crippen molar-refractivity contribution in [3.05, 3.63) is 28.8 Å². The van der Waals surface area contributed by atoms with E-state index in [4.69, 9.17) is 21.0 Å². The minimum absolute atomic E-state index is 0. The number of aliphatic hydroxyl groups is 1. The number of ether oxygens (including phenoxy) is 1. The number of nitrogen functional groups attached to an aromatic ring is 1. The van der Waals surface area contributed by atoms with Crippen molar-refractivity contribution in [3.63, 3.8) is 0 Å². The number of aliphatic hydroxyl groups excluding tert-OH is 1. The highest BCUT2D eigenvalue weighted by Crippen LogP contribution is 2.24. The molecule has 0 unspecified atom stereocenters. The average Bonchev–Trinajstić information content (AvgIpc) is 2.16. The molecule has 0 radical (unpaired) electrons. The molecular formula is C11H17ClN2O2. The Balaban J connectivity index is 0.00000225. The quantitative estimate of drug-likeness (QED) is 0.553. The third-order valence-corrected chi connectivity index (χ3v) is 2.11. The van der Waals surface area contributed by atoms with Crippen LogP contribution in [0.15, 0.2) is 12.1 Å². The van der Waals surface area contributed by atoms with Crippen LogP contribution in [0.3, 0.4) is 0 Å². The average molecular weight is 245 g/mol. The van der Waals surface area contributed by atoms with Crippen LogP contribution < -0.4 is 10.5 Å². The molecule has 16 heavy (non-hydrogen) atoms. The summed E-state index contributed by atoms with van der Waals surface area (Å²) < 4.78 is 5.39. The Morgan fingerprint density at radius 3 is 2.25 bits per heavy atom. The molecule has 5 heteroatoms. The molecule has 1 aromatic carbocycles. The third-order valence-electron chi connectivity index (χ3n) is 2.11. The summed E-state index contributed by atoms with van der Waals surface area (Å²) in [4.78, 5) is 0. The van der Waals surface area contributed by atoms with Gasteiger partial charge in [0, 0.05) is 5.56 Å². The fraction of sp³-hybridized carbons (Fsp3) is 0.364. The molecule has 0 saturated heterocycles. The highest BCUT2D eigenvalue weighted by atomic mass is 35.5. The predicted molar refractivity (Wildman–Crippen MR) is 66.8 cm³/mol. The van der Waals surface area contributed by atoms with E-state index in [0.717, 1.165) is 16.9 Å². The molecule has 4 N–H and O–H groups in total. The monoisotopic (exact) mass is 244 g/mol. The fourth-order valence-electron chi connectivity index (χ4n) is 1.48. The molecule has 0 amide bonds. The van der Waals surface area contributed by atoms with Gasteiger partial charge in [-0.2, -0.15) is 0 Å². The predicted octanol–water partition coefficient (Wildman–Crippen LogP) is 1.38. The van der Waals surface area contributed by atoms with E-state index in [1.165, 1.54) is 0 Å². The van der Waals surface area contributed by atoms with Crippen LogP contribution in [-0.4, -0.2) is 24.2 Å². The largest absolute Gasteiger partial charge is 0.491 e. The van der Waals surface area contributed by atoms with Gasteiger partial charge in [-0.05, 0) is 37.1 Å². The van der Waals surface area contributed by atoms with E-state index in [-0.39, 0.29) is 31.5 Å². The third kappa shape index (κ3) is 3.40. The van der Waals surface area contributed by atoms with Gasteiger partial charge in [0.15, 0.2) is 0 Å². The van der Waals surface area contributed by atoms with E-state index in [2.05, 4.69) is 0 Å². The van der Waals surface area contributed by atoms with Crippen LogP contribution in [0.2, 0.25) is 0 Å². The lowest BCUT2D eigenvalue weighted by molar-refractivity contribution is 0.200. The Morgan fingerprint density at radius 1 is 1.38 bits per heavy atom. The van der Waals surface area contributed by atoms with Gasteiger partial charge < -0.3 is 15.6 Å². The van der Waals surface area contributed by atoms with Gasteiger partial charge >= 0.3 is 0 Å². The first-order valence-electron chi connectivity index (χ1n) is 4.75. The molecule has 0 aromatic heterocycles. The summed E-state index contributed by atoms with van der Waals surface area (Å²) in [6.07, 6.45) is 0. The molecule has 4 nitrogen and oxygen atoms in total. The van der Waals surface area contributed by atoms with Crippen molar-refractivity contribution in [2.75, 3.05) is 13.2 Å². The molecule has 1 rings (SSSR count). The number of aryl methyl sites for hydroxylation is 2. The number of amidine groups is 1. The van der Waals surface area contributed by atoms with Crippen molar-refractivity contribution in [1.82, 2.24) is 0 Å². The van der Waals surface area contributed by atoms with Crippen molar-refractivity contribution >= 4 is 18.2 Å². The normalized spacial score (nSPS) is 9.44. The number of hydrogen-bond donors (Lipinski definition) is 3.